The Morgan fingerprint density at radius 3 is 3.06 bits per heavy atom. The van der Waals surface area contributed by atoms with Crippen LogP contribution in [0, 0.1) is 0 Å². The predicted molar refractivity (Wildman–Crippen MR) is 63.2 cm³/mol. The van der Waals surface area contributed by atoms with Crippen LogP contribution >= 0.6 is 0 Å². The highest BCUT2D eigenvalue weighted by molar-refractivity contribution is 5.98. The second kappa shape index (κ2) is 3.56. The van der Waals surface area contributed by atoms with Gasteiger partial charge < -0.3 is 4.98 Å². The van der Waals surface area contributed by atoms with Crippen molar-refractivity contribution in [3.05, 3.63) is 30.4 Å². The Morgan fingerprint density at radius 2 is 2.19 bits per heavy atom. The van der Waals surface area contributed by atoms with Gasteiger partial charge in [-0.2, -0.15) is 0 Å². The molecular weight excluding hydrogens is 200 g/mol. The molecule has 0 saturated heterocycles. The average Bonchev–Trinajstić information content (AvgIpc) is 2.72. The molecule has 4 heteroatoms. The first kappa shape index (κ1) is 9.27. The summed E-state index contributed by atoms with van der Waals surface area (Å²) in [4.78, 5) is 16.5. The summed E-state index contributed by atoms with van der Waals surface area (Å²) in [5.74, 6) is 1.01. The van der Waals surface area contributed by atoms with Gasteiger partial charge >= 0.3 is 0 Å². The van der Waals surface area contributed by atoms with Crippen molar-refractivity contribution < 1.29 is 0 Å². The lowest BCUT2D eigenvalue weighted by molar-refractivity contribution is 0.861. The summed E-state index contributed by atoms with van der Waals surface area (Å²) in [6.45, 7) is 2.14. The van der Waals surface area contributed by atoms with Crippen LogP contribution in [0.2, 0.25) is 0 Å². The van der Waals surface area contributed by atoms with E-state index in [1.807, 2.05) is 18.3 Å². The molecule has 16 heavy (non-hydrogen) atoms. The number of hydrogen-bond acceptors (Lipinski definition) is 3. The molecule has 4 nitrogen and oxygen atoms in total. The Balaban J connectivity index is 2.32. The molecule has 3 aromatic heterocycles. The van der Waals surface area contributed by atoms with E-state index in [9.17, 15) is 0 Å². The van der Waals surface area contributed by atoms with Crippen molar-refractivity contribution in [2.24, 2.45) is 0 Å². The fourth-order valence-corrected chi connectivity index (χ4v) is 1.88. The maximum Gasteiger partial charge on any atom is 0.118 e. The molecule has 0 bridgehead atoms. The van der Waals surface area contributed by atoms with E-state index in [4.69, 9.17) is 0 Å². The third-order valence-corrected chi connectivity index (χ3v) is 2.61. The number of aryl methyl sites for hydroxylation is 1. The van der Waals surface area contributed by atoms with Gasteiger partial charge in [-0.3, -0.25) is 9.97 Å². The maximum atomic E-state index is 4.57. The number of pyridine rings is 2. The standard InChI is InChI=1S/C12H12N4/c1-2-4-10-15-9-7-14-8-5-3-6-13-11(8)12(9)16-10/h3,5-7H,2,4H2,1H3,(H,15,16). The third-order valence-electron chi connectivity index (χ3n) is 2.61. The predicted octanol–water partition coefficient (Wildman–Crippen LogP) is 2.46. The van der Waals surface area contributed by atoms with Crippen molar-refractivity contribution in [2.75, 3.05) is 0 Å². The van der Waals surface area contributed by atoms with Gasteiger partial charge in [0.1, 0.15) is 16.9 Å². The van der Waals surface area contributed by atoms with E-state index in [0.717, 1.165) is 40.7 Å². The number of imidazole rings is 1. The highest BCUT2D eigenvalue weighted by atomic mass is 14.9. The van der Waals surface area contributed by atoms with Crippen molar-refractivity contribution >= 4 is 22.1 Å². The molecule has 0 saturated carbocycles. The number of fused-ring (bicyclic) bond motifs is 3. The van der Waals surface area contributed by atoms with Crippen molar-refractivity contribution in [3.63, 3.8) is 0 Å². The minimum Gasteiger partial charge on any atom is -0.341 e. The Hall–Kier alpha value is -1.97. The van der Waals surface area contributed by atoms with Crippen LogP contribution in [-0.4, -0.2) is 19.9 Å². The minimum atomic E-state index is 0.874. The molecule has 0 radical (unpaired) electrons. The first-order chi connectivity index (χ1) is 7.88. The molecule has 1 N–H and O–H groups in total. The van der Waals surface area contributed by atoms with Gasteiger partial charge in [-0.1, -0.05) is 6.92 Å². The Morgan fingerprint density at radius 1 is 1.25 bits per heavy atom. The average molecular weight is 212 g/mol. The van der Waals surface area contributed by atoms with Crippen LogP contribution in [0.4, 0.5) is 0 Å². The van der Waals surface area contributed by atoms with E-state index in [1.54, 1.807) is 6.20 Å². The molecular formula is C12H12N4. The first-order valence-electron chi connectivity index (χ1n) is 5.47. The molecule has 0 spiro atoms. The second-order valence-electron chi connectivity index (χ2n) is 3.83. The van der Waals surface area contributed by atoms with Crippen LogP contribution in [-0.2, 0) is 6.42 Å². The number of H-pyrrole nitrogens is 1. The number of aromatic amines is 1. The smallest absolute Gasteiger partial charge is 0.118 e. The van der Waals surface area contributed by atoms with E-state index in [2.05, 4.69) is 26.9 Å². The fraction of sp³-hybridized carbons (Fsp3) is 0.250. The molecule has 0 atom stereocenters. The van der Waals surface area contributed by atoms with Gasteiger partial charge in [0.05, 0.1) is 17.2 Å². The molecule has 0 fully saturated rings. The van der Waals surface area contributed by atoms with Crippen LogP contribution in [0.15, 0.2) is 24.5 Å². The summed E-state index contributed by atoms with van der Waals surface area (Å²) >= 11 is 0. The van der Waals surface area contributed by atoms with Crippen molar-refractivity contribution in [2.45, 2.75) is 19.8 Å². The van der Waals surface area contributed by atoms with Crippen LogP contribution in [0.3, 0.4) is 0 Å². The highest BCUT2D eigenvalue weighted by Gasteiger charge is 2.07. The quantitative estimate of drug-likeness (QED) is 0.709. The zero-order valence-corrected chi connectivity index (χ0v) is 9.07. The van der Waals surface area contributed by atoms with E-state index in [1.165, 1.54) is 0 Å². The maximum absolute atomic E-state index is 4.57. The molecule has 0 unspecified atom stereocenters. The van der Waals surface area contributed by atoms with Crippen molar-refractivity contribution in [1.29, 1.82) is 0 Å². The molecule has 3 aromatic rings. The summed E-state index contributed by atoms with van der Waals surface area (Å²) in [6, 6.07) is 3.84. The monoisotopic (exact) mass is 212 g/mol. The van der Waals surface area contributed by atoms with Crippen LogP contribution in [0.25, 0.3) is 22.1 Å². The van der Waals surface area contributed by atoms with Crippen LogP contribution < -0.4 is 0 Å². The first-order valence-corrected chi connectivity index (χ1v) is 5.47. The van der Waals surface area contributed by atoms with Gasteiger partial charge in [-0.25, -0.2) is 4.98 Å². The van der Waals surface area contributed by atoms with E-state index < -0.39 is 0 Å². The van der Waals surface area contributed by atoms with Gasteiger partial charge in [-0.05, 0) is 18.6 Å². The van der Waals surface area contributed by atoms with Gasteiger partial charge in [-0.15, -0.1) is 0 Å². The van der Waals surface area contributed by atoms with Crippen molar-refractivity contribution in [3.8, 4) is 0 Å². The highest BCUT2D eigenvalue weighted by Crippen LogP contribution is 2.19. The van der Waals surface area contributed by atoms with E-state index in [0.29, 0.717) is 0 Å². The summed E-state index contributed by atoms with van der Waals surface area (Å²) in [5.41, 5.74) is 3.66. The minimum absolute atomic E-state index is 0.874. The molecule has 3 heterocycles. The third kappa shape index (κ3) is 1.34. The molecule has 3 rings (SSSR count). The van der Waals surface area contributed by atoms with Gasteiger partial charge in [0, 0.05) is 12.6 Å². The fourth-order valence-electron chi connectivity index (χ4n) is 1.88. The molecule has 80 valence electrons. The van der Waals surface area contributed by atoms with E-state index in [-0.39, 0.29) is 0 Å². The van der Waals surface area contributed by atoms with Crippen LogP contribution in [0.1, 0.15) is 19.2 Å². The number of aromatic nitrogens is 4. The zero-order chi connectivity index (χ0) is 11.0. The summed E-state index contributed by atoms with van der Waals surface area (Å²) in [6.07, 6.45) is 5.64. The summed E-state index contributed by atoms with van der Waals surface area (Å²) in [5, 5.41) is 0. The topological polar surface area (TPSA) is 54.5 Å². The zero-order valence-electron chi connectivity index (χ0n) is 9.07. The van der Waals surface area contributed by atoms with Gasteiger partial charge in [0.15, 0.2) is 0 Å². The largest absolute Gasteiger partial charge is 0.341 e. The molecule has 0 amide bonds. The normalized spacial score (nSPS) is 11.3. The summed E-state index contributed by atoms with van der Waals surface area (Å²) < 4.78 is 0. The SMILES string of the molecule is CCCc1nc2c(cnc3cccnc32)[nH]1. The number of hydrogen-bond donors (Lipinski definition) is 1. The lowest BCUT2D eigenvalue weighted by atomic mass is 10.3. The lowest BCUT2D eigenvalue weighted by Gasteiger charge is -1.94. The molecule has 0 aromatic carbocycles. The van der Waals surface area contributed by atoms with Crippen molar-refractivity contribution in [1.82, 2.24) is 19.9 Å². The molecule has 0 aliphatic carbocycles. The van der Waals surface area contributed by atoms with Crippen LogP contribution in [0.5, 0.6) is 0 Å². The second-order valence-corrected chi connectivity index (χ2v) is 3.83. The van der Waals surface area contributed by atoms with Gasteiger partial charge in [0.2, 0.25) is 0 Å². The lowest BCUT2D eigenvalue weighted by Crippen LogP contribution is -1.84. The molecule has 0 aliphatic heterocycles. The number of rotatable bonds is 2. The Labute approximate surface area is 92.8 Å². The number of nitrogens with one attached hydrogen (secondary N) is 1. The van der Waals surface area contributed by atoms with Gasteiger partial charge in [0.25, 0.3) is 0 Å². The van der Waals surface area contributed by atoms with E-state index >= 15 is 0 Å². The number of nitrogens with zero attached hydrogens (tertiary/aromatic N) is 3. The Bertz CT molecular complexity index is 642. The molecule has 0 aliphatic rings. The Kier molecular flexibility index (Phi) is 2.06. The summed E-state index contributed by atoms with van der Waals surface area (Å²) in [7, 11) is 0.